The van der Waals surface area contributed by atoms with Crippen LogP contribution in [0.2, 0.25) is 0 Å². The van der Waals surface area contributed by atoms with Crippen molar-refractivity contribution in [3.8, 4) is 0 Å². The van der Waals surface area contributed by atoms with E-state index in [-0.39, 0.29) is 0 Å². The molecule has 1 aliphatic carbocycles. The number of rotatable bonds is 5. The number of nitrogens with zero attached hydrogens (tertiary/aromatic N) is 2. The monoisotopic (exact) mass is 219 g/mol. The summed E-state index contributed by atoms with van der Waals surface area (Å²) in [5, 5.41) is 0. The summed E-state index contributed by atoms with van der Waals surface area (Å²) in [7, 11) is 0. The van der Waals surface area contributed by atoms with Gasteiger partial charge in [0.1, 0.15) is 5.82 Å². The highest BCUT2D eigenvalue weighted by molar-refractivity contribution is 5.43. The van der Waals surface area contributed by atoms with Crippen LogP contribution in [-0.2, 0) is 0 Å². The zero-order chi connectivity index (χ0) is 11.5. The molecule has 16 heavy (non-hydrogen) atoms. The van der Waals surface area contributed by atoms with Gasteiger partial charge in [-0.3, -0.25) is 0 Å². The van der Waals surface area contributed by atoms with Crippen LogP contribution in [0.4, 0.5) is 5.82 Å². The molecule has 0 saturated heterocycles. The summed E-state index contributed by atoms with van der Waals surface area (Å²) in [6, 6.07) is 5.01. The van der Waals surface area contributed by atoms with Gasteiger partial charge in [-0.1, -0.05) is 6.07 Å². The lowest BCUT2D eigenvalue weighted by Crippen LogP contribution is -2.29. The molecule has 0 radical (unpaired) electrons. The van der Waals surface area contributed by atoms with Gasteiger partial charge in [-0.25, -0.2) is 4.98 Å². The second-order valence-electron chi connectivity index (χ2n) is 4.64. The Morgan fingerprint density at radius 2 is 2.12 bits per heavy atom. The minimum absolute atomic E-state index is 0.709. The third kappa shape index (κ3) is 2.53. The molecule has 1 saturated carbocycles. The van der Waals surface area contributed by atoms with Crippen LogP contribution >= 0.6 is 0 Å². The molecule has 1 fully saturated rings. The predicted octanol–water partition coefficient (Wildman–Crippen LogP) is 2.02. The minimum atomic E-state index is 0.709. The van der Waals surface area contributed by atoms with E-state index in [1.165, 1.54) is 18.4 Å². The highest BCUT2D eigenvalue weighted by Gasteiger charge is 2.29. The van der Waals surface area contributed by atoms with Crippen LogP contribution in [-0.4, -0.2) is 24.1 Å². The van der Waals surface area contributed by atoms with Gasteiger partial charge in [0.15, 0.2) is 0 Å². The highest BCUT2D eigenvalue weighted by Crippen LogP contribution is 2.31. The molecule has 0 amide bonds. The van der Waals surface area contributed by atoms with Crippen molar-refractivity contribution < 1.29 is 0 Å². The van der Waals surface area contributed by atoms with Crippen molar-refractivity contribution in [3.05, 3.63) is 23.4 Å². The number of anilines is 1. The molecule has 3 heteroatoms. The Morgan fingerprint density at radius 3 is 2.69 bits per heavy atom. The average Bonchev–Trinajstić information content (AvgIpc) is 3.08. The standard InChI is InChI=1S/C13H21N3/c1-10-4-7-13(15-11(10)2)16(9-3-8-14)12-5-6-12/h4,7,12H,3,5-6,8-9,14H2,1-2H3. The average molecular weight is 219 g/mol. The van der Waals surface area contributed by atoms with E-state index in [4.69, 9.17) is 5.73 Å². The van der Waals surface area contributed by atoms with Gasteiger partial charge in [0.25, 0.3) is 0 Å². The van der Waals surface area contributed by atoms with Gasteiger partial charge >= 0.3 is 0 Å². The van der Waals surface area contributed by atoms with E-state index < -0.39 is 0 Å². The van der Waals surface area contributed by atoms with Crippen molar-refractivity contribution in [1.82, 2.24) is 4.98 Å². The maximum absolute atomic E-state index is 5.58. The topological polar surface area (TPSA) is 42.1 Å². The number of aryl methyl sites for hydroxylation is 2. The van der Waals surface area contributed by atoms with Crippen molar-refractivity contribution >= 4 is 5.82 Å². The lowest BCUT2D eigenvalue weighted by Gasteiger charge is -2.23. The third-order valence-electron chi connectivity index (χ3n) is 3.22. The molecule has 2 N–H and O–H groups in total. The lowest BCUT2D eigenvalue weighted by atomic mass is 10.2. The molecule has 0 unspecified atom stereocenters. The van der Waals surface area contributed by atoms with E-state index in [9.17, 15) is 0 Å². The van der Waals surface area contributed by atoms with E-state index in [0.29, 0.717) is 6.04 Å². The van der Waals surface area contributed by atoms with Gasteiger partial charge in [-0.2, -0.15) is 0 Å². The van der Waals surface area contributed by atoms with E-state index >= 15 is 0 Å². The molecule has 0 atom stereocenters. The Balaban J connectivity index is 2.14. The Labute approximate surface area is 97.7 Å². The molecular weight excluding hydrogens is 198 g/mol. The first-order valence-corrected chi connectivity index (χ1v) is 6.13. The molecule has 1 aromatic rings. The molecule has 1 aromatic heterocycles. The van der Waals surface area contributed by atoms with E-state index in [1.54, 1.807) is 0 Å². The molecule has 88 valence electrons. The maximum atomic E-state index is 5.58. The fourth-order valence-electron chi connectivity index (χ4n) is 1.91. The molecule has 3 nitrogen and oxygen atoms in total. The van der Waals surface area contributed by atoms with E-state index in [2.05, 4.69) is 35.9 Å². The van der Waals surface area contributed by atoms with Crippen LogP contribution in [0.3, 0.4) is 0 Å². The fourth-order valence-corrected chi connectivity index (χ4v) is 1.91. The fraction of sp³-hybridized carbons (Fsp3) is 0.615. The Morgan fingerprint density at radius 1 is 1.38 bits per heavy atom. The summed E-state index contributed by atoms with van der Waals surface area (Å²) in [5.41, 5.74) is 7.98. The third-order valence-corrected chi connectivity index (χ3v) is 3.22. The Kier molecular flexibility index (Phi) is 3.44. The number of nitrogens with two attached hydrogens (primary N) is 1. The second-order valence-corrected chi connectivity index (χ2v) is 4.64. The van der Waals surface area contributed by atoms with Crippen LogP contribution in [0.25, 0.3) is 0 Å². The molecule has 0 bridgehead atoms. The molecule has 0 aromatic carbocycles. The van der Waals surface area contributed by atoms with Crippen LogP contribution in [0.1, 0.15) is 30.5 Å². The number of hydrogen-bond donors (Lipinski definition) is 1. The zero-order valence-corrected chi connectivity index (χ0v) is 10.2. The maximum Gasteiger partial charge on any atom is 0.129 e. The number of pyridine rings is 1. The van der Waals surface area contributed by atoms with Gasteiger partial charge < -0.3 is 10.6 Å². The zero-order valence-electron chi connectivity index (χ0n) is 10.2. The first kappa shape index (κ1) is 11.4. The summed E-state index contributed by atoms with van der Waals surface area (Å²) >= 11 is 0. The SMILES string of the molecule is Cc1ccc(N(CCCN)C2CC2)nc1C. The first-order chi connectivity index (χ1) is 7.72. The van der Waals surface area contributed by atoms with E-state index in [1.807, 2.05) is 0 Å². The number of hydrogen-bond acceptors (Lipinski definition) is 3. The smallest absolute Gasteiger partial charge is 0.129 e. The molecule has 1 aliphatic rings. The van der Waals surface area contributed by atoms with Crippen LogP contribution in [0.15, 0.2) is 12.1 Å². The number of aromatic nitrogens is 1. The Hall–Kier alpha value is -1.09. The summed E-state index contributed by atoms with van der Waals surface area (Å²) in [4.78, 5) is 7.09. The molecule has 1 heterocycles. The minimum Gasteiger partial charge on any atom is -0.354 e. The second kappa shape index (κ2) is 4.83. The predicted molar refractivity (Wildman–Crippen MR) is 67.8 cm³/mol. The van der Waals surface area contributed by atoms with Crippen LogP contribution in [0, 0.1) is 13.8 Å². The molecular formula is C13H21N3. The quantitative estimate of drug-likeness (QED) is 0.823. The van der Waals surface area contributed by atoms with Crippen LogP contribution in [0.5, 0.6) is 0 Å². The van der Waals surface area contributed by atoms with Crippen molar-refractivity contribution in [1.29, 1.82) is 0 Å². The van der Waals surface area contributed by atoms with E-state index in [0.717, 1.165) is 31.0 Å². The highest BCUT2D eigenvalue weighted by atomic mass is 15.2. The van der Waals surface area contributed by atoms with Gasteiger partial charge in [0.2, 0.25) is 0 Å². The summed E-state index contributed by atoms with van der Waals surface area (Å²) in [5.74, 6) is 1.12. The normalized spacial score (nSPS) is 15.2. The van der Waals surface area contributed by atoms with Crippen molar-refractivity contribution in [2.75, 3.05) is 18.0 Å². The van der Waals surface area contributed by atoms with Gasteiger partial charge in [-0.15, -0.1) is 0 Å². The van der Waals surface area contributed by atoms with Crippen LogP contribution < -0.4 is 10.6 Å². The van der Waals surface area contributed by atoms with Gasteiger partial charge in [0.05, 0.1) is 0 Å². The van der Waals surface area contributed by atoms with Gasteiger partial charge in [0, 0.05) is 18.3 Å². The molecule has 2 rings (SSSR count). The van der Waals surface area contributed by atoms with Crippen molar-refractivity contribution in [3.63, 3.8) is 0 Å². The summed E-state index contributed by atoms with van der Waals surface area (Å²) in [6.07, 6.45) is 3.66. The largest absolute Gasteiger partial charge is 0.354 e. The lowest BCUT2D eigenvalue weighted by molar-refractivity contribution is 0.721. The van der Waals surface area contributed by atoms with Gasteiger partial charge in [-0.05, 0) is 51.3 Å². The summed E-state index contributed by atoms with van der Waals surface area (Å²) < 4.78 is 0. The Bertz CT molecular complexity index is 358. The molecule has 0 aliphatic heterocycles. The molecule has 0 spiro atoms. The first-order valence-electron chi connectivity index (χ1n) is 6.13. The van der Waals surface area contributed by atoms with Crippen molar-refractivity contribution in [2.45, 2.75) is 39.2 Å². The van der Waals surface area contributed by atoms with Crippen molar-refractivity contribution in [2.24, 2.45) is 5.73 Å². The summed E-state index contributed by atoms with van der Waals surface area (Å²) in [6.45, 7) is 5.98.